The summed E-state index contributed by atoms with van der Waals surface area (Å²) in [4.78, 5) is 13.5. The van der Waals surface area contributed by atoms with E-state index in [1.807, 2.05) is 25.1 Å². The van der Waals surface area contributed by atoms with Crippen molar-refractivity contribution in [2.45, 2.75) is 25.6 Å². The number of halogens is 4. The summed E-state index contributed by atoms with van der Waals surface area (Å²) in [5.74, 6) is -0.496. The molecule has 0 bridgehead atoms. The molecular formula is C17H22BrF3N2O3. The van der Waals surface area contributed by atoms with Crippen LogP contribution >= 0.6 is 15.9 Å². The van der Waals surface area contributed by atoms with E-state index >= 15 is 0 Å². The van der Waals surface area contributed by atoms with E-state index in [0.29, 0.717) is 26.1 Å². The lowest BCUT2D eigenvalue weighted by Gasteiger charge is -2.41. The molecule has 1 heterocycles. The third kappa shape index (κ3) is 5.85. The number of benzene rings is 1. The first-order valence-electron chi connectivity index (χ1n) is 8.31. The van der Waals surface area contributed by atoms with Crippen LogP contribution in [0.3, 0.4) is 0 Å². The second-order valence-corrected chi connectivity index (χ2v) is 7.14. The fourth-order valence-corrected chi connectivity index (χ4v) is 3.32. The van der Waals surface area contributed by atoms with Crippen molar-refractivity contribution in [1.29, 1.82) is 0 Å². The molecular weight excluding hydrogens is 417 g/mol. The molecule has 0 amide bonds. The quantitative estimate of drug-likeness (QED) is 0.662. The molecule has 1 aromatic rings. The van der Waals surface area contributed by atoms with Crippen molar-refractivity contribution in [1.82, 2.24) is 9.80 Å². The van der Waals surface area contributed by atoms with Crippen LogP contribution in [0.4, 0.5) is 13.2 Å². The van der Waals surface area contributed by atoms with E-state index in [1.54, 1.807) is 4.90 Å². The Hall–Kier alpha value is -1.32. The van der Waals surface area contributed by atoms with Crippen LogP contribution < -0.4 is 4.74 Å². The smallest absolute Gasteiger partial charge is 0.405 e. The van der Waals surface area contributed by atoms with Crippen molar-refractivity contribution in [2.24, 2.45) is 0 Å². The molecule has 1 aromatic carbocycles. The number of nitrogens with zero attached hydrogens (tertiary/aromatic N) is 2. The van der Waals surface area contributed by atoms with Crippen molar-refractivity contribution in [3.63, 3.8) is 0 Å². The number of piperazine rings is 1. The average molecular weight is 439 g/mol. The first-order valence-corrected chi connectivity index (χ1v) is 9.10. The van der Waals surface area contributed by atoms with Gasteiger partial charge in [0.1, 0.15) is 11.8 Å². The third-order valence-corrected chi connectivity index (χ3v) is 5.24. The molecule has 1 unspecified atom stereocenters. The maximum absolute atomic E-state index is 13.2. The van der Waals surface area contributed by atoms with Crippen LogP contribution in [0.15, 0.2) is 22.7 Å². The average Bonchev–Trinajstić information content (AvgIpc) is 2.55. The summed E-state index contributed by atoms with van der Waals surface area (Å²) in [6, 6.07) is 3.88. The normalized spacial score (nSPS) is 19.5. The van der Waals surface area contributed by atoms with Gasteiger partial charge in [0.15, 0.2) is 0 Å². The van der Waals surface area contributed by atoms with Gasteiger partial charge in [0.05, 0.1) is 13.2 Å². The Morgan fingerprint density at radius 1 is 1.38 bits per heavy atom. The Bertz CT molecular complexity index is 628. The van der Waals surface area contributed by atoms with Gasteiger partial charge in [0.25, 0.3) is 0 Å². The molecule has 1 atom stereocenters. The highest BCUT2D eigenvalue weighted by atomic mass is 79.9. The monoisotopic (exact) mass is 438 g/mol. The fraction of sp³-hybridized carbons (Fsp3) is 0.588. The Kier molecular flexibility index (Phi) is 7.31. The number of hydrogen-bond donors (Lipinski definition) is 1. The molecule has 1 saturated heterocycles. The number of alkyl halides is 3. The molecule has 0 saturated carbocycles. The van der Waals surface area contributed by atoms with Gasteiger partial charge in [-0.05, 0) is 25.5 Å². The summed E-state index contributed by atoms with van der Waals surface area (Å²) in [5, 5.41) is 8.80. The molecule has 2 rings (SSSR count). The van der Waals surface area contributed by atoms with Crippen molar-refractivity contribution in [2.75, 3.05) is 39.3 Å². The van der Waals surface area contributed by atoms with Gasteiger partial charge < -0.3 is 14.7 Å². The van der Waals surface area contributed by atoms with E-state index in [0.717, 1.165) is 20.7 Å². The lowest BCUT2D eigenvalue weighted by molar-refractivity contribution is -0.198. The van der Waals surface area contributed by atoms with E-state index in [9.17, 15) is 18.0 Å². The van der Waals surface area contributed by atoms with Crippen LogP contribution in [0, 0.1) is 6.92 Å². The standard InChI is InChI=1S/C17H22BrF3N2O3/c1-12-13(18)4-2-5-14(12)26-9-3-6-22-7-8-23(11-16(24)25)15(10-22)17(19,20)21/h2,4-5,15H,3,6-11H2,1H3,(H,24,25). The van der Waals surface area contributed by atoms with Gasteiger partial charge in [-0.2, -0.15) is 13.2 Å². The zero-order chi connectivity index (χ0) is 19.3. The van der Waals surface area contributed by atoms with Crippen LogP contribution in [0.1, 0.15) is 12.0 Å². The first-order chi connectivity index (χ1) is 12.2. The minimum atomic E-state index is -4.45. The number of aliphatic carboxylic acids is 1. The van der Waals surface area contributed by atoms with Gasteiger partial charge >= 0.3 is 12.1 Å². The van der Waals surface area contributed by atoms with E-state index in [2.05, 4.69) is 15.9 Å². The summed E-state index contributed by atoms with van der Waals surface area (Å²) in [7, 11) is 0. The summed E-state index contributed by atoms with van der Waals surface area (Å²) in [5.41, 5.74) is 0.979. The molecule has 0 radical (unpaired) electrons. The Morgan fingerprint density at radius 3 is 2.77 bits per heavy atom. The highest BCUT2D eigenvalue weighted by molar-refractivity contribution is 9.10. The van der Waals surface area contributed by atoms with Crippen LogP contribution in [0.25, 0.3) is 0 Å². The van der Waals surface area contributed by atoms with Crippen LogP contribution in [0.5, 0.6) is 5.75 Å². The molecule has 26 heavy (non-hydrogen) atoms. The van der Waals surface area contributed by atoms with Gasteiger partial charge in [-0.1, -0.05) is 22.0 Å². The van der Waals surface area contributed by atoms with Gasteiger partial charge in [-0.15, -0.1) is 0 Å². The molecule has 0 aliphatic carbocycles. The number of carbonyl (C=O) groups is 1. The SMILES string of the molecule is Cc1c(Br)cccc1OCCCN1CCN(CC(=O)O)C(C(F)(F)F)C1. The maximum Gasteiger partial charge on any atom is 0.405 e. The third-order valence-electron chi connectivity index (χ3n) is 4.39. The van der Waals surface area contributed by atoms with Gasteiger partial charge in [0.2, 0.25) is 0 Å². The lowest BCUT2D eigenvalue weighted by Crippen LogP contribution is -2.60. The number of rotatable bonds is 7. The minimum Gasteiger partial charge on any atom is -0.493 e. The highest BCUT2D eigenvalue weighted by Crippen LogP contribution is 2.28. The van der Waals surface area contributed by atoms with E-state index in [1.165, 1.54) is 0 Å². The molecule has 0 aromatic heterocycles. The van der Waals surface area contributed by atoms with Gasteiger partial charge in [0, 0.05) is 36.2 Å². The molecule has 1 aliphatic heterocycles. The number of carboxylic acids is 1. The van der Waals surface area contributed by atoms with Crippen molar-refractivity contribution >= 4 is 21.9 Å². The molecule has 5 nitrogen and oxygen atoms in total. The van der Waals surface area contributed by atoms with Crippen LogP contribution in [-0.4, -0.2) is 72.4 Å². The zero-order valence-electron chi connectivity index (χ0n) is 14.4. The van der Waals surface area contributed by atoms with Crippen molar-refractivity contribution in [3.8, 4) is 5.75 Å². The Balaban J connectivity index is 1.83. The molecule has 146 valence electrons. The fourth-order valence-electron chi connectivity index (χ4n) is 2.97. The summed E-state index contributed by atoms with van der Waals surface area (Å²) < 4.78 is 46.3. The molecule has 1 N–H and O–H groups in total. The second kappa shape index (κ2) is 9.05. The summed E-state index contributed by atoms with van der Waals surface area (Å²) in [6.07, 6.45) is -3.85. The van der Waals surface area contributed by atoms with Crippen LogP contribution in [-0.2, 0) is 4.79 Å². The predicted molar refractivity (Wildman–Crippen MR) is 94.5 cm³/mol. The lowest BCUT2D eigenvalue weighted by atomic mass is 10.1. The number of ether oxygens (including phenoxy) is 1. The molecule has 1 aliphatic rings. The topological polar surface area (TPSA) is 53.0 Å². The molecule has 9 heteroatoms. The Labute approximate surface area is 158 Å². The van der Waals surface area contributed by atoms with Crippen molar-refractivity contribution < 1.29 is 27.8 Å². The van der Waals surface area contributed by atoms with E-state index < -0.39 is 24.7 Å². The van der Waals surface area contributed by atoms with E-state index in [4.69, 9.17) is 9.84 Å². The van der Waals surface area contributed by atoms with Gasteiger partial charge in [-0.3, -0.25) is 9.69 Å². The zero-order valence-corrected chi connectivity index (χ0v) is 16.0. The molecule has 1 fully saturated rings. The number of carboxylic acid groups (broad SMARTS) is 1. The number of hydrogen-bond acceptors (Lipinski definition) is 4. The van der Waals surface area contributed by atoms with Crippen LogP contribution in [0.2, 0.25) is 0 Å². The van der Waals surface area contributed by atoms with Gasteiger partial charge in [-0.25, -0.2) is 0 Å². The highest BCUT2D eigenvalue weighted by Gasteiger charge is 2.46. The largest absolute Gasteiger partial charge is 0.493 e. The van der Waals surface area contributed by atoms with Crippen molar-refractivity contribution in [3.05, 3.63) is 28.2 Å². The molecule has 0 spiro atoms. The first kappa shape index (κ1) is 21.0. The maximum atomic E-state index is 13.2. The summed E-state index contributed by atoms with van der Waals surface area (Å²) >= 11 is 3.42. The predicted octanol–water partition coefficient (Wildman–Crippen LogP) is 3.16. The second-order valence-electron chi connectivity index (χ2n) is 6.29. The van der Waals surface area contributed by atoms with E-state index in [-0.39, 0.29) is 13.1 Å². The Morgan fingerprint density at radius 2 is 2.12 bits per heavy atom. The minimum absolute atomic E-state index is 0.0854. The summed E-state index contributed by atoms with van der Waals surface area (Å²) in [6.45, 7) is 2.49.